The minimum Gasteiger partial charge on any atom is -0.196 e. The molecule has 7 heteroatoms. The van der Waals surface area contributed by atoms with Crippen LogP contribution in [-0.4, -0.2) is 29.4 Å². The molecule has 0 amide bonds. The maximum absolute atomic E-state index is 4.34. The molecule has 0 aliphatic heterocycles. The molecule has 0 bridgehead atoms. The van der Waals surface area contributed by atoms with E-state index in [2.05, 4.69) is 20.4 Å². The number of fused-ring (bicyclic) bond motifs is 3. The third kappa shape index (κ3) is 1.80. The van der Waals surface area contributed by atoms with Gasteiger partial charge in [0.05, 0.1) is 0 Å². The summed E-state index contributed by atoms with van der Waals surface area (Å²) in [6, 6.07) is 20.0. The van der Waals surface area contributed by atoms with Gasteiger partial charge >= 0.3 is 0 Å². The van der Waals surface area contributed by atoms with E-state index in [1.807, 2.05) is 69.7 Å². The van der Waals surface area contributed by atoms with Crippen LogP contribution in [0.1, 0.15) is 0 Å². The Kier molecular flexibility index (Phi) is 2.56. The fourth-order valence-electron chi connectivity index (χ4n) is 2.63. The van der Waals surface area contributed by atoms with Crippen molar-refractivity contribution in [2.75, 3.05) is 0 Å². The largest absolute Gasteiger partial charge is 0.235 e. The van der Waals surface area contributed by atoms with Crippen molar-refractivity contribution in [1.82, 2.24) is 29.4 Å². The van der Waals surface area contributed by atoms with Gasteiger partial charge in [0.15, 0.2) is 11.6 Å². The molecule has 0 N–H and O–H groups in total. The maximum atomic E-state index is 4.34. The molecular formula is C16H10N6S. The van der Waals surface area contributed by atoms with Crippen molar-refractivity contribution in [3.63, 3.8) is 0 Å². The van der Waals surface area contributed by atoms with E-state index in [1.54, 1.807) is 0 Å². The molecule has 3 aromatic heterocycles. The molecule has 0 saturated heterocycles. The van der Waals surface area contributed by atoms with E-state index in [9.17, 15) is 0 Å². The van der Waals surface area contributed by atoms with Crippen molar-refractivity contribution in [3.8, 4) is 22.8 Å². The average Bonchev–Trinajstić information content (AvgIpc) is 3.27. The fraction of sp³-hybridized carbons (Fsp3) is 0. The van der Waals surface area contributed by atoms with E-state index in [-0.39, 0.29) is 0 Å². The van der Waals surface area contributed by atoms with Crippen molar-refractivity contribution in [1.29, 1.82) is 0 Å². The van der Waals surface area contributed by atoms with Gasteiger partial charge in [-0.1, -0.05) is 72.0 Å². The minimum absolute atomic E-state index is 0.781. The van der Waals surface area contributed by atoms with E-state index in [0.29, 0.717) is 0 Å². The molecule has 0 radical (unpaired) electrons. The Morgan fingerprint density at radius 3 is 1.43 bits per heavy atom. The van der Waals surface area contributed by atoms with Gasteiger partial charge in [-0.3, -0.25) is 0 Å². The fourth-order valence-corrected chi connectivity index (χ4v) is 3.47. The van der Waals surface area contributed by atoms with Crippen LogP contribution in [0.25, 0.3) is 32.7 Å². The van der Waals surface area contributed by atoms with Crippen LogP contribution in [0.2, 0.25) is 0 Å². The van der Waals surface area contributed by atoms with E-state index >= 15 is 0 Å². The Morgan fingerprint density at radius 2 is 1.00 bits per heavy atom. The highest BCUT2D eigenvalue weighted by Crippen LogP contribution is 2.27. The van der Waals surface area contributed by atoms with E-state index < -0.39 is 0 Å². The number of aromatic nitrogens is 6. The lowest BCUT2D eigenvalue weighted by atomic mass is 10.2. The summed E-state index contributed by atoms with van der Waals surface area (Å²) in [5.74, 6) is 1.56. The maximum Gasteiger partial charge on any atom is 0.235 e. The molecule has 0 fully saturated rings. The van der Waals surface area contributed by atoms with Gasteiger partial charge < -0.3 is 0 Å². The van der Waals surface area contributed by atoms with Crippen molar-refractivity contribution < 1.29 is 0 Å². The quantitative estimate of drug-likeness (QED) is 0.501. The third-order valence-corrected chi connectivity index (χ3v) is 4.55. The number of nitrogens with zero attached hydrogens (tertiary/aromatic N) is 6. The van der Waals surface area contributed by atoms with Gasteiger partial charge in [-0.2, -0.15) is 9.03 Å². The van der Waals surface area contributed by atoms with Gasteiger partial charge in [0.1, 0.15) is 0 Å². The predicted octanol–water partition coefficient (Wildman–Crippen LogP) is 3.17. The third-order valence-electron chi connectivity index (χ3n) is 3.67. The predicted molar refractivity (Wildman–Crippen MR) is 88.3 cm³/mol. The zero-order valence-electron chi connectivity index (χ0n) is 11.9. The highest BCUT2D eigenvalue weighted by molar-refractivity contribution is 7.21. The molecule has 5 aromatic rings. The van der Waals surface area contributed by atoms with Gasteiger partial charge in [0.25, 0.3) is 0 Å². The summed E-state index contributed by atoms with van der Waals surface area (Å²) in [7, 11) is 0. The van der Waals surface area contributed by atoms with Crippen molar-refractivity contribution in [2.24, 2.45) is 0 Å². The van der Waals surface area contributed by atoms with Gasteiger partial charge in [-0.15, -0.1) is 20.4 Å². The van der Waals surface area contributed by atoms with Crippen LogP contribution in [0.5, 0.6) is 0 Å². The molecule has 3 heterocycles. The van der Waals surface area contributed by atoms with E-state index in [0.717, 1.165) is 32.7 Å². The number of benzene rings is 2. The first-order chi connectivity index (χ1) is 11.4. The lowest BCUT2D eigenvalue weighted by molar-refractivity contribution is 0.878. The Balaban J connectivity index is 1.86. The Bertz CT molecular complexity index is 1020. The van der Waals surface area contributed by atoms with Gasteiger partial charge in [-0.25, -0.2) is 0 Å². The monoisotopic (exact) mass is 318 g/mol. The molecule has 0 aliphatic rings. The second-order valence-corrected chi connectivity index (χ2v) is 6.00. The molecule has 2 aromatic carbocycles. The van der Waals surface area contributed by atoms with Crippen LogP contribution < -0.4 is 0 Å². The van der Waals surface area contributed by atoms with Crippen molar-refractivity contribution in [2.45, 2.75) is 0 Å². The van der Waals surface area contributed by atoms with Crippen LogP contribution in [0.3, 0.4) is 0 Å². The van der Waals surface area contributed by atoms with E-state index in [1.165, 1.54) is 11.3 Å². The molecule has 110 valence electrons. The second-order valence-electron chi connectivity index (χ2n) is 5.07. The summed E-state index contributed by atoms with van der Waals surface area (Å²) in [6.45, 7) is 0. The van der Waals surface area contributed by atoms with Crippen LogP contribution in [0, 0.1) is 0 Å². The highest BCUT2D eigenvalue weighted by atomic mass is 32.1. The van der Waals surface area contributed by atoms with Crippen LogP contribution in [-0.2, 0) is 0 Å². The SMILES string of the molecule is c1ccc(-c2nnc3sc4nnc(-c5ccccc5)n4n23)cc1. The highest BCUT2D eigenvalue weighted by Gasteiger charge is 2.19. The summed E-state index contributed by atoms with van der Waals surface area (Å²) in [5, 5.41) is 17.2. The summed E-state index contributed by atoms with van der Waals surface area (Å²) >= 11 is 1.47. The summed E-state index contributed by atoms with van der Waals surface area (Å²) in [5.41, 5.74) is 2.01. The molecule has 0 unspecified atom stereocenters. The zero-order valence-corrected chi connectivity index (χ0v) is 12.7. The molecule has 0 saturated carbocycles. The zero-order chi connectivity index (χ0) is 15.2. The molecule has 6 nitrogen and oxygen atoms in total. The van der Waals surface area contributed by atoms with Crippen LogP contribution >= 0.6 is 11.3 Å². The van der Waals surface area contributed by atoms with Gasteiger partial charge in [0, 0.05) is 11.1 Å². The standard InChI is InChI=1S/C16H10N6S/c1-3-7-11(8-4-1)13-17-19-15-21(13)22-14(18-20-16(22)23-15)12-9-5-2-6-10-12/h1-10H. The topological polar surface area (TPSA) is 60.4 Å². The first-order valence-electron chi connectivity index (χ1n) is 7.12. The van der Waals surface area contributed by atoms with Gasteiger partial charge in [0.2, 0.25) is 9.92 Å². The molecule has 5 rings (SSSR count). The Morgan fingerprint density at radius 1 is 0.565 bits per heavy atom. The molecular weight excluding hydrogens is 308 g/mol. The number of hydrogen-bond donors (Lipinski definition) is 0. The van der Waals surface area contributed by atoms with E-state index in [4.69, 9.17) is 0 Å². The molecule has 0 spiro atoms. The Hall–Kier alpha value is -3.06. The Labute approximate surface area is 134 Å². The number of rotatable bonds is 2. The van der Waals surface area contributed by atoms with Gasteiger partial charge in [-0.05, 0) is 0 Å². The summed E-state index contributed by atoms with van der Waals surface area (Å²) in [6.07, 6.45) is 0. The molecule has 0 atom stereocenters. The van der Waals surface area contributed by atoms with Crippen molar-refractivity contribution >= 4 is 21.3 Å². The molecule has 23 heavy (non-hydrogen) atoms. The second kappa shape index (κ2) is 4.72. The molecule has 0 aliphatic carbocycles. The minimum atomic E-state index is 0.781. The van der Waals surface area contributed by atoms with Crippen LogP contribution in [0.4, 0.5) is 0 Å². The normalized spacial score (nSPS) is 11.5. The number of hydrogen-bond acceptors (Lipinski definition) is 5. The smallest absolute Gasteiger partial charge is 0.196 e. The first-order valence-corrected chi connectivity index (χ1v) is 7.93. The lowest BCUT2D eigenvalue weighted by Gasteiger charge is -2.01. The first kappa shape index (κ1) is 12.5. The average molecular weight is 318 g/mol. The van der Waals surface area contributed by atoms with Crippen molar-refractivity contribution in [3.05, 3.63) is 60.7 Å². The van der Waals surface area contributed by atoms with Crippen LogP contribution in [0.15, 0.2) is 60.7 Å². The summed E-state index contributed by atoms with van der Waals surface area (Å²) < 4.78 is 3.94. The lowest BCUT2D eigenvalue weighted by Crippen LogP contribution is -1.99. The summed E-state index contributed by atoms with van der Waals surface area (Å²) in [4.78, 5) is 1.59.